The number of hydrogen-bond acceptors (Lipinski definition) is 7. The largest absolute Gasteiger partial charge is 0.374 e. The third-order valence-corrected chi connectivity index (χ3v) is 6.24. The predicted molar refractivity (Wildman–Crippen MR) is 122 cm³/mol. The molecule has 0 aliphatic carbocycles. The van der Waals surface area contributed by atoms with E-state index >= 15 is 0 Å². The number of rotatable bonds is 10. The van der Waals surface area contributed by atoms with Crippen LogP contribution in [0.4, 0.5) is 0 Å². The van der Waals surface area contributed by atoms with E-state index in [-0.39, 0.29) is 5.92 Å². The fourth-order valence-corrected chi connectivity index (χ4v) is 4.21. The van der Waals surface area contributed by atoms with Gasteiger partial charge in [0.15, 0.2) is 0 Å². The molecule has 0 aromatic carbocycles. The summed E-state index contributed by atoms with van der Waals surface area (Å²) < 4.78 is 1.76. The van der Waals surface area contributed by atoms with Crippen LogP contribution in [-0.4, -0.2) is 67.9 Å². The summed E-state index contributed by atoms with van der Waals surface area (Å²) in [5.74, 6) is 0.677. The van der Waals surface area contributed by atoms with Crippen molar-refractivity contribution in [3.63, 3.8) is 0 Å². The van der Waals surface area contributed by atoms with Crippen LogP contribution in [0.3, 0.4) is 0 Å². The molecule has 0 saturated heterocycles. The van der Waals surface area contributed by atoms with Crippen LogP contribution in [0.5, 0.6) is 0 Å². The van der Waals surface area contributed by atoms with Gasteiger partial charge in [-0.3, -0.25) is 4.90 Å². The standard InChI is InChI=1S/C22H32N6OS/c1-6-27(7-2)13-12-26(5)21(29)17-15-24-28(20(17)16(3)4)22-23-11-10-18(25-22)19-9-8-14-30-19/h8-11,14-16,21,29H,6-7,12-13H2,1-5H3. The van der Waals surface area contributed by atoms with Gasteiger partial charge in [0, 0.05) is 24.8 Å². The van der Waals surface area contributed by atoms with E-state index in [1.165, 1.54) is 0 Å². The van der Waals surface area contributed by atoms with Crippen LogP contribution in [0, 0.1) is 0 Å². The summed E-state index contributed by atoms with van der Waals surface area (Å²) in [5.41, 5.74) is 2.61. The highest BCUT2D eigenvalue weighted by Gasteiger charge is 2.25. The van der Waals surface area contributed by atoms with E-state index in [0.717, 1.165) is 48.0 Å². The van der Waals surface area contributed by atoms with Crippen molar-refractivity contribution in [1.82, 2.24) is 29.5 Å². The lowest BCUT2D eigenvalue weighted by Crippen LogP contribution is -2.35. The van der Waals surface area contributed by atoms with E-state index in [4.69, 9.17) is 4.98 Å². The van der Waals surface area contributed by atoms with Crippen LogP contribution >= 0.6 is 11.3 Å². The Morgan fingerprint density at radius 1 is 1.17 bits per heavy atom. The molecule has 1 unspecified atom stereocenters. The van der Waals surface area contributed by atoms with Crippen LogP contribution in [0.15, 0.2) is 36.0 Å². The molecule has 0 fully saturated rings. The summed E-state index contributed by atoms with van der Waals surface area (Å²) in [4.78, 5) is 14.6. The Bertz CT molecular complexity index is 920. The van der Waals surface area contributed by atoms with Gasteiger partial charge >= 0.3 is 0 Å². The fourth-order valence-electron chi connectivity index (χ4n) is 3.52. The molecule has 0 aliphatic heterocycles. The van der Waals surface area contributed by atoms with Crippen molar-refractivity contribution in [3.8, 4) is 16.5 Å². The molecule has 3 aromatic heterocycles. The second kappa shape index (κ2) is 10.3. The highest BCUT2D eigenvalue weighted by atomic mass is 32.1. The molecular weight excluding hydrogens is 396 g/mol. The topological polar surface area (TPSA) is 70.3 Å². The molecule has 0 radical (unpaired) electrons. The Morgan fingerprint density at radius 2 is 1.93 bits per heavy atom. The van der Waals surface area contributed by atoms with Crippen LogP contribution in [0.2, 0.25) is 0 Å². The molecule has 8 heteroatoms. The highest BCUT2D eigenvalue weighted by molar-refractivity contribution is 7.13. The van der Waals surface area contributed by atoms with E-state index in [1.807, 2.05) is 35.5 Å². The lowest BCUT2D eigenvalue weighted by Gasteiger charge is -2.27. The van der Waals surface area contributed by atoms with Crippen molar-refractivity contribution >= 4 is 11.3 Å². The summed E-state index contributed by atoms with van der Waals surface area (Å²) in [6.07, 6.45) is 2.78. The first kappa shape index (κ1) is 22.6. The van der Waals surface area contributed by atoms with Gasteiger partial charge in [-0.05, 0) is 43.6 Å². The molecule has 0 aliphatic rings. The van der Waals surface area contributed by atoms with Crippen LogP contribution in [0.25, 0.3) is 16.5 Å². The maximum Gasteiger partial charge on any atom is 0.251 e. The predicted octanol–water partition coefficient (Wildman–Crippen LogP) is 3.78. The van der Waals surface area contributed by atoms with Crippen molar-refractivity contribution in [2.24, 2.45) is 0 Å². The lowest BCUT2D eigenvalue weighted by atomic mass is 10.0. The molecule has 1 N–H and O–H groups in total. The SMILES string of the molecule is CCN(CC)CCN(C)C(O)c1cnn(-c2nccc(-c3cccs3)n2)c1C(C)C. The third kappa shape index (κ3) is 4.95. The summed E-state index contributed by atoms with van der Waals surface area (Å²) in [5, 5.41) is 17.7. The Hall–Kier alpha value is -2.13. The zero-order valence-electron chi connectivity index (χ0n) is 18.5. The van der Waals surface area contributed by atoms with Gasteiger partial charge in [0.1, 0.15) is 6.23 Å². The number of hydrogen-bond donors (Lipinski definition) is 1. The molecule has 3 heterocycles. The molecule has 3 aromatic rings. The molecule has 30 heavy (non-hydrogen) atoms. The second-order valence-corrected chi connectivity index (χ2v) is 8.60. The molecule has 0 bridgehead atoms. The summed E-state index contributed by atoms with van der Waals surface area (Å²) >= 11 is 1.65. The van der Waals surface area contributed by atoms with Crippen molar-refractivity contribution in [2.45, 2.75) is 39.8 Å². The van der Waals surface area contributed by atoms with Gasteiger partial charge in [-0.25, -0.2) is 14.6 Å². The minimum Gasteiger partial charge on any atom is -0.374 e. The normalized spacial score (nSPS) is 13.0. The number of aromatic nitrogens is 4. The fraction of sp³-hybridized carbons (Fsp3) is 0.500. The smallest absolute Gasteiger partial charge is 0.251 e. The van der Waals surface area contributed by atoms with Gasteiger partial charge < -0.3 is 10.0 Å². The van der Waals surface area contributed by atoms with Crippen LogP contribution in [-0.2, 0) is 0 Å². The summed E-state index contributed by atoms with van der Waals surface area (Å²) in [7, 11) is 1.95. The maximum atomic E-state index is 11.1. The molecule has 1 atom stereocenters. The van der Waals surface area contributed by atoms with Gasteiger partial charge in [-0.15, -0.1) is 11.3 Å². The van der Waals surface area contributed by atoms with E-state index in [0.29, 0.717) is 5.95 Å². The number of thiophene rings is 1. The maximum absolute atomic E-state index is 11.1. The van der Waals surface area contributed by atoms with Gasteiger partial charge in [0.25, 0.3) is 5.95 Å². The second-order valence-electron chi connectivity index (χ2n) is 7.65. The first-order chi connectivity index (χ1) is 14.5. The van der Waals surface area contributed by atoms with Crippen molar-refractivity contribution in [3.05, 3.63) is 47.2 Å². The lowest BCUT2D eigenvalue weighted by molar-refractivity contribution is 0.0146. The van der Waals surface area contributed by atoms with Crippen molar-refractivity contribution in [2.75, 3.05) is 33.2 Å². The Labute approximate surface area is 183 Å². The van der Waals surface area contributed by atoms with E-state index in [9.17, 15) is 5.11 Å². The minimum absolute atomic E-state index is 0.155. The minimum atomic E-state index is -0.729. The monoisotopic (exact) mass is 428 g/mol. The van der Waals surface area contributed by atoms with Crippen molar-refractivity contribution < 1.29 is 5.11 Å². The quantitative estimate of drug-likeness (QED) is 0.496. The van der Waals surface area contributed by atoms with Crippen LogP contribution in [0.1, 0.15) is 51.1 Å². The average Bonchev–Trinajstić information content (AvgIpc) is 3.44. The zero-order valence-corrected chi connectivity index (χ0v) is 19.3. The Kier molecular flexibility index (Phi) is 7.71. The summed E-state index contributed by atoms with van der Waals surface area (Å²) in [6, 6.07) is 5.96. The van der Waals surface area contributed by atoms with Gasteiger partial charge in [0.05, 0.1) is 22.5 Å². The van der Waals surface area contributed by atoms with E-state index in [2.05, 4.69) is 42.7 Å². The Balaban J connectivity index is 1.88. The molecule has 0 amide bonds. The molecular formula is C22H32N6OS. The van der Waals surface area contributed by atoms with Crippen LogP contribution < -0.4 is 0 Å². The van der Waals surface area contributed by atoms with E-state index < -0.39 is 6.23 Å². The van der Waals surface area contributed by atoms with E-state index in [1.54, 1.807) is 28.4 Å². The summed E-state index contributed by atoms with van der Waals surface area (Å²) in [6.45, 7) is 12.2. The van der Waals surface area contributed by atoms with Crippen molar-refractivity contribution in [1.29, 1.82) is 0 Å². The zero-order chi connectivity index (χ0) is 21.7. The van der Waals surface area contributed by atoms with Gasteiger partial charge in [-0.2, -0.15) is 5.10 Å². The molecule has 7 nitrogen and oxygen atoms in total. The third-order valence-electron chi connectivity index (χ3n) is 5.35. The number of aliphatic hydroxyl groups is 1. The molecule has 0 saturated carbocycles. The van der Waals surface area contributed by atoms with Gasteiger partial charge in [-0.1, -0.05) is 33.8 Å². The number of aliphatic hydroxyl groups excluding tert-OH is 1. The molecule has 0 spiro atoms. The molecule has 3 rings (SSSR count). The van der Waals surface area contributed by atoms with Gasteiger partial charge in [0.2, 0.25) is 0 Å². The highest BCUT2D eigenvalue weighted by Crippen LogP contribution is 2.29. The number of nitrogens with zero attached hydrogens (tertiary/aromatic N) is 6. The first-order valence-corrected chi connectivity index (χ1v) is 11.4. The Morgan fingerprint density at radius 3 is 2.57 bits per heavy atom. The average molecular weight is 429 g/mol. The number of likely N-dealkylation sites (N-methyl/N-ethyl adjacent to an activating group) is 2. The molecule has 162 valence electrons. The first-order valence-electron chi connectivity index (χ1n) is 10.5.